The minimum absolute atomic E-state index is 0.115. The van der Waals surface area contributed by atoms with Crippen molar-refractivity contribution in [1.82, 2.24) is 24.9 Å². The summed E-state index contributed by atoms with van der Waals surface area (Å²) in [5.74, 6) is -1.28. The molecular formula is C27H22ClFN6O2S. The molecule has 4 heterocycles. The Morgan fingerprint density at radius 1 is 1.08 bits per heavy atom. The Morgan fingerprint density at radius 3 is 2.53 bits per heavy atom. The number of rotatable bonds is 5. The van der Waals surface area contributed by atoms with Gasteiger partial charge >= 0.3 is 0 Å². The largest absolute Gasteiger partial charge is 0.345 e. The summed E-state index contributed by atoms with van der Waals surface area (Å²) in [5.41, 5.74) is 2.50. The maximum Gasteiger partial charge on any atom is 0.272 e. The number of hydrogen-bond donors (Lipinski definition) is 1. The molecular weight excluding hydrogens is 527 g/mol. The zero-order valence-electron chi connectivity index (χ0n) is 20.4. The predicted octanol–water partition coefficient (Wildman–Crippen LogP) is 5.14. The Balaban J connectivity index is 1.39. The number of carbonyl (C=O) groups is 2. The Kier molecular flexibility index (Phi) is 6.00. The molecule has 2 amide bonds. The number of aromatic nitrogens is 4. The number of amides is 2. The highest BCUT2D eigenvalue weighted by Gasteiger charge is 2.48. The van der Waals surface area contributed by atoms with Gasteiger partial charge in [-0.3, -0.25) is 14.3 Å². The Morgan fingerprint density at radius 2 is 1.84 bits per heavy atom. The van der Waals surface area contributed by atoms with E-state index in [2.05, 4.69) is 15.5 Å². The van der Waals surface area contributed by atoms with Crippen molar-refractivity contribution >= 4 is 51.3 Å². The van der Waals surface area contributed by atoms with Gasteiger partial charge in [0.2, 0.25) is 5.91 Å². The maximum atomic E-state index is 13.7. The van der Waals surface area contributed by atoms with Crippen LogP contribution in [0.4, 0.5) is 10.1 Å². The number of halogens is 2. The molecule has 6 rings (SSSR count). The number of carbonyl (C=O) groups excluding carboxylic acids is 2. The van der Waals surface area contributed by atoms with E-state index in [0.29, 0.717) is 10.0 Å². The van der Waals surface area contributed by atoms with Gasteiger partial charge in [0, 0.05) is 29.2 Å². The lowest BCUT2D eigenvalue weighted by Crippen LogP contribution is -2.42. The number of thiophene rings is 1. The molecule has 0 saturated carbocycles. The molecule has 1 saturated heterocycles. The van der Waals surface area contributed by atoms with Gasteiger partial charge in [0.05, 0.1) is 39.7 Å². The summed E-state index contributed by atoms with van der Waals surface area (Å²) in [6.07, 6.45) is 3.41. The van der Waals surface area contributed by atoms with E-state index in [9.17, 15) is 14.0 Å². The van der Waals surface area contributed by atoms with E-state index >= 15 is 0 Å². The van der Waals surface area contributed by atoms with Gasteiger partial charge < -0.3 is 10.2 Å². The monoisotopic (exact) mass is 548 g/mol. The van der Waals surface area contributed by atoms with Crippen molar-refractivity contribution in [3.63, 3.8) is 0 Å². The van der Waals surface area contributed by atoms with E-state index < -0.39 is 18.0 Å². The summed E-state index contributed by atoms with van der Waals surface area (Å²) < 4.78 is 17.3. The third-order valence-electron chi connectivity index (χ3n) is 6.81. The van der Waals surface area contributed by atoms with Gasteiger partial charge in [-0.1, -0.05) is 18.5 Å². The first kappa shape index (κ1) is 24.3. The molecule has 0 aliphatic carbocycles. The number of anilines is 1. The highest BCUT2D eigenvalue weighted by atomic mass is 35.5. The fourth-order valence-corrected chi connectivity index (χ4v) is 6.15. The number of benzene rings is 2. The zero-order valence-corrected chi connectivity index (χ0v) is 21.9. The van der Waals surface area contributed by atoms with Crippen LogP contribution in [0.1, 0.15) is 28.3 Å². The van der Waals surface area contributed by atoms with Gasteiger partial charge in [0.1, 0.15) is 11.5 Å². The van der Waals surface area contributed by atoms with E-state index in [-0.39, 0.29) is 23.3 Å². The van der Waals surface area contributed by atoms with E-state index in [0.717, 1.165) is 21.5 Å². The van der Waals surface area contributed by atoms with Gasteiger partial charge in [-0.05, 0) is 60.7 Å². The van der Waals surface area contributed by atoms with Crippen LogP contribution >= 0.6 is 22.9 Å². The van der Waals surface area contributed by atoms with Crippen LogP contribution in [0.25, 0.3) is 16.6 Å². The smallest absolute Gasteiger partial charge is 0.272 e. The summed E-state index contributed by atoms with van der Waals surface area (Å²) in [6, 6.07) is 16.1. The van der Waals surface area contributed by atoms with Crippen LogP contribution in [-0.2, 0) is 11.8 Å². The molecule has 38 heavy (non-hydrogen) atoms. The first-order chi connectivity index (χ1) is 18.3. The summed E-state index contributed by atoms with van der Waals surface area (Å²) in [7, 11) is 1.74. The van der Waals surface area contributed by atoms with Crippen LogP contribution in [-0.4, -0.2) is 37.4 Å². The molecule has 3 atom stereocenters. The number of hydrogen-bond acceptors (Lipinski definition) is 5. The van der Waals surface area contributed by atoms with Crippen LogP contribution in [0, 0.1) is 11.7 Å². The van der Waals surface area contributed by atoms with Crippen molar-refractivity contribution in [2.75, 3.05) is 4.90 Å². The lowest BCUT2D eigenvalue weighted by molar-refractivity contribution is -0.120. The fraction of sp³-hybridized carbons (Fsp3) is 0.185. The molecule has 5 aromatic rings. The van der Waals surface area contributed by atoms with Gasteiger partial charge in [-0.2, -0.15) is 10.2 Å². The molecule has 0 radical (unpaired) electrons. The zero-order chi connectivity index (χ0) is 26.6. The summed E-state index contributed by atoms with van der Waals surface area (Å²) in [6.45, 7) is 1.82. The molecule has 1 aliphatic rings. The van der Waals surface area contributed by atoms with Crippen LogP contribution < -0.4 is 10.2 Å². The standard InChI is InChI=1S/C27H22ClFN6O2S/c1-15-24(31-26(36)20-11-12-33(2)32-20)25(22-9-10-23(28)38-22)34(27(15)37)19-7-8-21-16(13-19)14-30-35(21)18-5-3-17(29)4-6-18/h3-15,24-25H,1-2H3,(H,31,36)/t15-,24-,25+/m0/s1. The van der Waals surface area contributed by atoms with E-state index in [1.165, 1.54) is 23.5 Å². The second-order valence-corrected chi connectivity index (χ2v) is 11.0. The molecule has 2 aromatic carbocycles. The number of nitrogens with zero attached hydrogens (tertiary/aromatic N) is 5. The highest BCUT2D eigenvalue weighted by Crippen LogP contribution is 2.44. The minimum Gasteiger partial charge on any atom is -0.345 e. The molecule has 8 nitrogen and oxygen atoms in total. The van der Waals surface area contributed by atoms with Gasteiger partial charge in [-0.15, -0.1) is 11.3 Å². The van der Waals surface area contributed by atoms with E-state index in [4.69, 9.17) is 11.6 Å². The second-order valence-electron chi connectivity index (χ2n) is 9.23. The third kappa shape index (κ3) is 4.15. The summed E-state index contributed by atoms with van der Waals surface area (Å²) in [5, 5.41) is 12.5. The van der Waals surface area contributed by atoms with Crippen molar-refractivity contribution in [2.45, 2.75) is 19.0 Å². The highest BCUT2D eigenvalue weighted by molar-refractivity contribution is 7.16. The van der Waals surface area contributed by atoms with Crippen molar-refractivity contribution in [3.05, 3.63) is 93.8 Å². The first-order valence-electron chi connectivity index (χ1n) is 11.9. The lowest BCUT2D eigenvalue weighted by Gasteiger charge is -2.28. The molecule has 0 bridgehead atoms. The van der Waals surface area contributed by atoms with Gasteiger partial charge in [-0.25, -0.2) is 9.07 Å². The SMILES string of the molecule is C[C@@H]1C(=O)N(c2ccc3c(cnn3-c3ccc(F)cc3)c2)[C@H](c2ccc(Cl)s2)[C@H]1NC(=O)c1ccn(C)n1. The van der Waals surface area contributed by atoms with Crippen LogP contribution in [0.2, 0.25) is 4.34 Å². The molecule has 0 unspecified atom stereocenters. The summed E-state index contributed by atoms with van der Waals surface area (Å²) >= 11 is 7.66. The predicted molar refractivity (Wildman–Crippen MR) is 144 cm³/mol. The van der Waals surface area contributed by atoms with Crippen molar-refractivity contribution in [1.29, 1.82) is 0 Å². The quantitative estimate of drug-likeness (QED) is 0.330. The third-order valence-corrected chi connectivity index (χ3v) is 8.12. The molecule has 3 aromatic heterocycles. The average molecular weight is 549 g/mol. The Hall–Kier alpha value is -4.02. The number of aryl methyl sites for hydroxylation is 1. The van der Waals surface area contributed by atoms with Gasteiger partial charge in [0.25, 0.3) is 5.91 Å². The molecule has 1 N–H and O–H groups in total. The lowest BCUT2D eigenvalue weighted by atomic mass is 9.98. The van der Waals surface area contributed by atoms with E-state index in [1.807, 2.05) is 31.2 Å². The average Bonchev–Trinajstić information content (AvgIpc) is 3.68. The van der Waals surface area contributed by atoms with Crippen molar-refractivity contribution in [3.8, 4) is 5.69 Å². The number of fused-ring (bicyclic) bond motifs is 1. The molecule has 192 valence electrons. The number of nitrogens with one attached hydrogen (secondary N) is 1. The van der Waals surface area contributed by atoms with Gasteiger partial charge in [0.15, 0.2) is 0 Å². The minimum atomic E-state index is -0.510. The van der Waals surface area contributed by atoms with Crippen LogP contribution in [0.15, 0.2) is 73.1 Å². The van der Waals surface area contributed by atoms with Crippen LogP contribution in [0.5, 0.6) is 0 Å². The molecule has 1 fully saturated rings. The van der Waals surface area contributed by atoms with Crippen molar-refractivity contribution < 1.29 is 14.0 Å². The topological polar surface area (TPSA) is 85.0 Å². The van der Waals surface area contributed by atoms with E-state index in [1.54, 1.807) is 58.0 Å². The summed E-state index contributed by atoms with van der Waals surface area (Å²) in [4.78, 5) is 29.3. The Bertz CT molecular complexity index is 1680. The molecule has 11 heteroatoms. The Labute approximate surface area is 226 Å². The molecule has 1 aliphatic heterocycles. The van der Waals surface area contributed by atoms with Crippen LogP contribution in [0.3, 0.4) is 0 Å². The normalized spacial score (nSPS) is 19.4. The molecule has 0 spiro atoms. The first-order valence-corrected chi connectivity index (χ1v) is 13.1. The maximum absolute atomic E-state index is 13.7. The second kappa shape index (κ2) is 9.38. The van der Waals surface area contributed by atoms with Crippen molar-refractivity contribution in [2.24, 2.45) is 13.0 Å². The fourth-order valence-electron chi connectivity index (χ4n) is 4.95.